The molecule has 0 bridgehead atoms. The summed E-state index contributed by atoms with van der Waals surface area (Å²) in [5, 5.41) is 0. The van der Waals surface area contributed by atoms with E-state index in [1.165, 1.54) is 6.07 Å². The Morgan fingerprint density at radius 1 is 1.47 bits per heavy atom. The average molecular weight is 273 g/mol. The number of rotatable bonds is 3. The summed E-state index contributed by atoms with van der Waals surface area (Å²) in [6.07, 6.45) is 0.740. The van der Waals surface area contributed by atoms with Gasteiger partial charge in [0.1, 0.15) is 5.82 Å². The van der Waals surface area contributed by atoms with Crippen LogP contribution in [0.5, 0.6) is 0 Å². The topological polar surface area (TPSA) is 17.1 Å². The van der Waals surface area contributed by atoms with E-state index >= 15 is 0 Å². The Morgan fingerprint density at radius 3 is 2.53 bits per heavy atom. The fraction of sp³-hybridized carbons (Fsp3) is 0.417. The van der Waals surface area contributed by atoms with Crippen LogP contribution >= 0.6 is 15.9 Å². The van der Waals surface area contributed by atoms with Crippen molar-refractivity contribution in [1.29, 1.82) is 0 Å². The first-order chi connectivity index (χ1) is 6.88. The van der Waals surface area contributed by atoms with Gasteiger partial charge in [-0.2, -0.15) is 0 Å². The molecule has 0 radical (unpaired) electrons. The monoisotopic (exact) mass is 272 g/mol. The van der Waals surface area contributed by atoms with Crippen molar-refractivity contribution in [3.63, 3.8) is 0 Å². The summed E-state index contributed by atoms with van der Waals surface area (Å²) in [6.45, 7) is 5.69. The van der Waals surface area contributed by atoms with Crippen molar-refractivity contribution in [3.8, 4) is 0 Å². The van der Waals surface area contributed by atoms with Crippen LogP contribution in [-0.4, -0.2) is 5.78 Å². The van der Waals surface area contributed by atoms with E-state index in [0.717, 1.165) is 6.42 Å². The van der Waals surface area contributed by atoms with E-state index in [4.69, 9.17) is 0 Å². The number of hydrogen-bond acceptors (Lipinski definition) is 1. The molecule has 1 nitrogen and oxygen atoms in total. The zero-order valence-corrected chi connectivity index (χ0v) is 10.7. The molecule has 0 heterocycles. The first kappa shape index (κ1) is 12.4. The molecule has 0 aliphatic heterocycles. The summed E-state index contributed by atoms with van der Waals surface area (Å²) in [7, 11) is 0. The maximum Gasteiger partial charge on any atom is 0.168 e. The Kier molecular flexibility index (Phi) is 3.66. The van der Waals surface area contributed by atoms with E-state index in [1.54, 1.807) is 12.1 Å². The maximum absolute atomic E-state index is 13.2. The highest BCUT2D eigenvalue weighted by Crippen LogP contribution is 2.27. The molecule has 0 spiro atoms. The van der Waals surface area contributed by atoms with Crippen LogP contribution in [0.4, 0.5) is 4.39 Å². The minimum atomic E-state index is -0.430. The third kappa shape index (κ3) is 2.65. The second-order valence-corrected chi connectivity index (χ2v) is 5.05. The lowest BCUT2D eigenvalue weighted by Crippen LogP contribution is -2.23. The van der Waals surface area contributed by atoms with Gasteiger partial charge in [0.15, 0.2) is 5.78 Å². The molecule has 0 atom stereocenters. The van der Waals surface area contributed by atoms with Crippen LogP contribution in [-0.2, 0) is 0 Å². The summed E-state index contributed by atoms with van der Waals surface area (Å²) in [5.74, 6) is -0.413. The van der Waals surface area contributed by atoms with Crippen molar-refractivity contribution in [1.82, 2.24) is 0 Å². The molecule has 1 rings (SSSR count). The highest BCUT2D eigenvalue weighted by molar-refractivity contribution is 9.10. The SMILES string of the molecule is CCC(C)(C)C(=O)c1ccc(Br)c(F)c1. The van der Waals surface area contributed by atoms with E-state index < -0.39 is 11.2 Å². The van der Waals surface area contributed by atoms with Crippen LogP contribution < -0.4 is 0 Å². The number of hydrogen-bond donors (Lipinski definition) is 0. The summed E-state index contributed by atoms with van der Waals surface area (Å²) < 4.78 is 13.6. The van der Waals surface area contributed by atoms with Gasteiger partial charge in [0.05, 0.1) is 4.47 Å². The van der Waals surface area contributed by atoms with E-state index in [2.05, 4.69) is 15.9 Å². The van der Waals surface area contributed by atoms with Crippen molar-refractivity contribution in [2.24, 2.45) is 5.41 Å². The first-order valence-corrected chi connectivity index (χ1v) is 5.67. The van der Waals surface area contributed by atoms with Crippen LogP contribution in [0, 0.1) is 11.2 Å². The third-order valence-electron chi connectivity index (χ3n) is 2.68. The van der Waals surface area contributed by atoms with E-state index in [9.17, 15) is 9.18 Å². The van der Waals surface area contributed by atoms with Gasteiger partial charge in [-0.3, -0.25) is 4.79 Å². The van der Waals surface area contributed by atoms with Crippen molar-refractivity contribution < 1.29 is 9.18 Å². The van der Waals surface area contributed by atoms with Gasteiger partial charge < -0.3 is 0 Å². The molecule has 15 heavy (non-hydrogen) atoms. The molecule has 0 amide bonds. The van der Waals surface area contributed by atoms with Crippen molar-refractivity contribution in [3.05, 3.63) is 34.1 Å². The summed E-state index contributed by atoms with van der Waals surface area (Å²) in [5.41, 5.74) is 0.00263. The fourth-order valence-electron chi connectivity index (χ4n) is 1.19. The molecule has 0 saturated heterocycles. The molecule has 0 aliphatic rings. The molecule has 0 aliphatic carbocycles. The van der Waals surface area contributed by atoms with Gasteiger partial charge in [-0.25, -0.2) is 4.39 Å². The number of ketones is 1. The molecule has 0 N–H and O–H groups in total. The highest BCUT2D eigenvalue weighted by Gasteiger charge is 2.26. The molecule has 0 saturated carbocycles. The average Bonchev–Trinajstić information content (AvgIpc) is 2.21. The second-order valence-electron chi connectivity index (χ2n) is 4.20. The van der Waals surface area contributed by atoms with Gasteiger partial charge in [-0.1, -0.05) is 26.8 Å². The Morgan fingerprint density at radius 2 is 2.07 bits per heavy atom. The van der Waals surface area contributed by atoms with E-state index in [1.807, 2.05) is 20.8 Å². The summed E-state index contributed by atoms with van der Waals surface area (Å²) in [4.78, 5) is 12.0. The number of benzene rings is 1. The lowest BCUT2D eigenvalue weighted by Gasteiger charge is -2.20. The zero-order chi connectivity index (χ0) is 11.6. The van der Waals surface area contributed by atoms with E-state index in [0.29, 0.717) is 10.0 Å². The first-order valence-electron chi connectivity index (χ1n) is 4.88. The second kappa shape index (κ2) is 4.44. The lowest BCUT2D eigenvalue weighted by molar-refractivity contribution is 0.0832. The van der Waals surface area contributed by atoms with Gasteiger partial charge >= 0.3 is 0 Å². The number of carbonyl (C=O) groups is 1. The quantitative estimate of drug-likeness (QED) is 0.754. The van der Waals surface area contributed by atoms with Gasteiger partial charge in [-0.15, -0.1) is 0 Å². The molecule has 1 aromatic carbocycles. The molecule has 1 aromatic rings. The van der Waals surface area contributed by atoms with E-state index in [-0.39, 0.29) is 5.78 Å². The van der Waals surface area contributed by atoms with Crippen LogP contribution in [0.3, 0.4) is 0 Å². The summed E-state index contributed by atoms with van der Waals surface area (Å²) in [6, 6.07) is 4.49. The largest absolute Gasteiger partial charge is 0.294 e. The predicted octanol–water partition coefficient (Wildman–Crippen LogP) is 4.21. The Hall–Kier alpha value is -0.700. The van der Waals surface area contributed by atoms with Gasteiger partial charge in [0.25, 0.3) is 0 Å². The molecular formula is C12H14BrFO. The fourth-order valence-corrected chi connectivity index (χ4v) is 1.44. The van der Waals surface area contributed by atoms with Gasteiger partial charge in [-0.05, 0) is 34.5 Å². The third-order valence-corrected chi connectivity index (χ3v) is 3.32. The van der Waals surface area contributed by atoms with Gasteiger partial charge in [0, 0.05) is 11.0 Å². The smallest absolute Gasteiger partial charge is 0.168 e. The maximum atomic E-state index is 13.2. The van der Waals surface area contributed by atoms with Crippen LogP contribution in [0.2, 0.25) is 0 Å². The Bertz CT molecular complexity index is 385. The van der Waals surface area contributed by atoms with Crippen LogP contribution in [0.15, 0.2) is 22.7 Å². The molecule has 3 heteroatoms. The minimum Gasteiger partial charge on any atom is -0.294 e. The molecule has 0 unspecified atom stereocenters. The van der Waals surface area contributed by atoms with Crippen LogP contribution in [0.1, 0.15) is 37.6 Å². The van der Waals surface area contributed by atoms with Gasteiger partial charge in [0.2, 0.25) is 0 Å². The molecule has 82 valence electrons. The Balaban J connectivity index is 3.08. The van der Waals surface area contributed by atoms with Crippen molar-refractivity contribution in [2.75, 3.05) is 0 Å². The standard InChI is InChI=1S/C12H14BrFO/c1-4-12(2,3)11(15)8-5-6-9(13)10(14)7-8/h5-7H,4H2,1-3H3. The number of halogens is 2. The highest BCUT2D eigenvalue weighted by atomic mass is 79.9. The predicted molar refractivity (Wildman–Crippen MR) is 62.5 cm³/mol. The number of carbonyl (C=O) groups excluding carboxylic acids is 1. The van der Waals surface area contributed by atoms with Crippen molar-refractivity contribution in [2.45, 2.75) is 27.2 Å². The van der Waals surface area contributed by atoms with Crippen molar-refractivity contribution >= 4 is 21.7 Å². The van der Waals surface area contributed by atoms with Crippen LogP contribution in [0.25, 0.3) is 0 Å². The Labute approximate surface area is 97.8 Å². The molecule has 0 aromatic heterocycles. The lowest BCUT2D eigenvalue weighted by atomic mass is 9.82. The zero-order valence-electron chi connectivity index (χ0n) is 9.10. The molecular weight excluding hydrogens is 259 g/mol. The molecule has 0 fully saturated rings. The number of Topliss-reactive ketones (excluding diaryl/α,β-unsaturated/α-hetero) is 1. The normalized spacial score (nSPS) is 11.5. The minimum absolute atomic E-state index is 0.0172. The summed E-state index contributed by atoms with van der Waals surface area (Å²) >= 11 is 3.06.